The van der Waals surface area contributed by atoms with Gasteiger partial charge in [-0.2, -0.15) is 6.07 Å². The summed E-state index contributed by atoms with van der Waals surface area (Å²) >= 11 is -11.2. The Labute approximate surface area is 220 Å². The molecule has 0 bridgehead atoms. The summed E-state index contributed by atoms with van der Waals surface area (Å²) in [5, 5.41) is 0.396. The van der Waals surface area contributed by atoms with Crippen LogP contribution >= 0.6 is 16.3 Å². The molecule has 1 rings (SSSR count). The van der Waals surface area contributed by atoms with Gasteiger partial charge in [0.2, 0.25) is 0 Å². The molecule has 0 aliphatic heterocycles. The van der Waals surface area contributed by atoms with Crippen molar-refractivity contribution in [3.05, 3.63) is 24.3 Å². The molecule has 12 heteroatoms. The van der Waals surface area contributed by atoms with Gasteiger partial charge in [-0.15, -0.1) is 12.1 Å². The average Bonchev–Trinajstić information content (AvgIpc) is 2.43. The van der Waals surface area contributed by atoms with Gasteiger partial charge < -0.3 is 9.05 Å². The Morgan fingerprint density at radius 1 is 0.588 bits per heavy atom. The van der Waals surface area contributed by atoms with Crippen molar-refractivity contribution in [1.82, 2.24) is 0 Å². The monoisotopic (exact) mass is 825 g/mol. The molecule has 207 valence electrons. The molecule has 0 aliphatic carbocycles. The summed E-state index contributed by atoms with van der Waals surface area (Å²) in [6.45, 7) is 27.0. The quantitative estimate of drug-likeness (QED) is 0.130. The summed E-state index contributed by atoms with van der Waals surface area (Å²) in [7, 11) is -1.36. The van der Waals surface area contributed by atoms with E-state index in [0.717, 1.165) is 11.5 Å². The Morgan fingerprint density at radius 3 is 0.971 bits per heavy atom. The number of hydrogen-bond donors (Lipinski definition) is 0. The smallest absolute Gasteiger partial charge is 0 e. The molecular weight excluding hydrogens is 786 g/mol. The molecule has 34 heavy (non-hydrogen) atoms. The van der Waals surface area contributed by atoms with Crippen LogP contribution in [0.2, 0.25) is 0 Å². The Hall–Kier alpha value is 0.728. The van der Waals surface area contributed by atoms with Gasteiger partial charge in [0.25, 0.3) is 0 Å². The van der Waals surface area contributed by atoms with Gasteiger partial charge in [-0.1, -0.05) is 89.2 Å². The van der Waals surface area contributed by atoms with Gasteiger partial charge in [0.15, 0.2) is 0 Å². The van der Waals surface area contributed by atoms with Crippen LogP contribution < -0.4 is 9.05 Å². The average molecular weight is 825 g/mol. The Bertz CT molecular complexity index is 705. The van der Waals surface area contributed by atoms with Gasteiger partial charge >= 0.3 is 36.4 Å². The van der Waals surface area contributed by atoms with Crippen molar-refractivity contribution in [3.63, 3.8) is 0 Å². The minimum absolute atomic E-state index is 0. The normalized spacial score (nSPS) is 15.5. The van der Waals surface area contributed by atoms with Crippen LogP contribution in [0.25, 0.3) is 0 Å². The molecule has 0 saturated heterocycles. The van der Waals surface area contributed by atoms with Crippen molar-refractivity contribution in [2.24, 2.45) is 0 Å². The maximum absolute atomic E-state index is 11.2. The second-order valence-electron chi connectivity index (χ2n) is 11.8. The molecule has 0 saturated carbocycles. The standard InChI is InChI=1S/C22H39O2P2.6FH.Ir.Sb/c1-19(2,3)25(20(4,5)6)23-17-14-13-15-18(16-17)24-26(21(7,8)9)22(10,11)12;;;;;;;;/h13-15H,1-12H3;6*1H;;/q-1;;;;;;;;+5/p-6. The zero-order valence-corrected chi connectivity index (χ0v) is 28.7. The summed E-state index contributed by atoms with van der Waals surface area (Å²) in [6, 6.07) is 9.39. The SMILES string of the molecule is CC(C)(C)P(Oc1[c-]c(OP(C(C)(C)C)C(C)(C)C)ccc1)C(C)(C)C.[F][Sb-]([F])([F])([F])([F])[F].[Ir]. The molecule has 0 spiro atoms. The van der Waals surface area contributed by atoms with E-state index < -0.39 is 35.8 Å². The third-order valence-corrected chi connectivity index (χ3v) is 9.19. The molecule has 0 fully saturated rings. The van der Waals surface area contributed by atoms with Crippen molar-refractivity contribution in [3.8, 4) is 11.5 Å². The van der Waals surface area contributed by atoms with Crippen LogP contribution in [0.5, 0.6) is 11.5 Å². The summed E-state index contributed by atoms with van der Waals surface area (Å²) in [5.41, 5.74) is 0. The fourth-order valence-corrected chi connectivity index (χ4v) is 9.02. The molecule has 0 amide bonds. The van der Waals surface area contributed by atoms with Crippen molar-refractivity contribution in [2.75, 3.05) is 0 Å². The zero-order chi connectivity index (χ0) is 27.0. The van der Waals surface area contributed by atoms with Gasteiger partial charge in [-0.3, -0.25) is 0 Å². The molecule has 0 N–H and O–H groups in total. The molecule has 0 atom stereocenters. The van der Waals surface area contributed by atoms with E-state index in [2.05, 4.69) is 89.2 Å². The predicted octanol–water partition coefficient (Wildman–Crippen LogP) is 10.4. The molecule has 0 unspecified atom stereocenters. The van der Waals surface area contributed by atoms with Crippen molar-refractivity contribution in [2.45, 2.75) is 104 Å². The molecule has 2 nitrogen and oxygen atoms in total. The van der Waals surface area contributed by atoms with Gasteiger partial charge in [0, 0.05) is 52.2 Å². The molecule has 1 radical (unpaired) electrons. The summed E-state index contributed by atoms with van der Waals surface area (Å²) in [6.07, 6.45) is 0. The maximum Gasteiger partial charge on any atom is 0 e. The number of benzene rings is 1. The van der Waals surface area contributed by atoms with E-state index in [-0.39, 0.29) is 40.7 Å². The largest absolute Gasteiger partial charge is 0 e. The first kappa shape index (κ1) is 36.9. The van der Waals surface area contributed by atoms with Crippen molar-refractivity contribution < 1.29 is 46.0 Å². The molecule has 1 aromatic rings. The van der Waals surface area contributed by atoms with Crippen LogP contribution in [0.3, 0.4) is 0 Å². The first-order valence-electron chi connectivity index (χ1n) is 10.4. The van der Waals surface area contributed by atoms with Gasteiger partial charge in [-0.25, -0.2) is 0 Å². The van der Waals surface area contributed by atoms with E-state index in [4.69, 9.17) is 9.05 Å². The van der Waals surface area contributed by atoms with Crippen LogP contribution in [0.1, 0.15) is 83.1 Å². The van der Waals surface area contributed by atoms with Crippen molar-refractivity contribution in [1.29, 1.82) is 0 Å². The zero-order valence-electron chi connectivity index (χ0n) is 22.0. The number of rotatable bonds is 4. The first-order valence-corrected chi connectivity index (χ1v) is 18.7. The van der Waals surface area contributed by atoms with Gasteiger partial charge in [0.1, 0.15) is 0 Å². The molecular formula is C22H39F6IrO2P2Sb-2. The van der Waals surface area contributed by atoms with E-state index >= 15 is 0 Å². The Kier molecular flexibility index (Phi) is 11.8. The third-order valence-electron chi connectivity index (χ3n) is 3.56. The van der Waals surface area contributed by atoms with E-state index in [1.807, 2.05) is 18.2 Å². The second-order valence-corrected chi connectivity index (χ2v) is 24.2. The first-order chi connectivity index (χ1) is 13.9. The topological polar surface area (TPSA) is 18.5 Å². The van der Waals surface area contributed by atoms with Crippen LogP contribution in [-0.2, 0) is 20.1 Å². The summed E-state index contributed by atoms with van der Waals surface area (Å²) in [5.74, 6) is 1.58. The van der Waals surface area contributed by atoms with E-state index in [1.54, 1.807) is 0 Å². The summed E-state index contributed by atoms with van der Waals surface area (Å²) in [4.78, 5) is 0. The van der Waals surface area contributed by atoms with Crippen LogP contribution in [0, 0.1) is 6.07 Å². The second kappa shape index (κ2) is 10.8. The number of halogens is 6. The fraction of sp³-hybridized carbons (Fsp3) is 0.727. The van der Waals surface area contributed by atoms with Gasteiger partial charge in [0.05, 0.1) is 16.3 Å². The molecule has 0 aliphatic rings. The summed E-state index contributed by atoms with van der Waals surface area (Å²) < 4.78 is 72.5. The van der Waals surface area contributed by atoms with Crippen LogP contribution in [0.15, 0.2) is 18.2 Å². The molecule has 0 aromatic heterocycles. The van der Waals surface area contributed by atoms with Crippen LogP contribution in [-0.4, -0.2) is 40.1 Å². The fourth-order valence-electron chi connectivity index (χ4n) is 3.29. The third kappa shape index (κ3) is 18.0. The van der Waals surface area contributed by atoms with Crippen molar-refractivity contribution >= 4 is 35.8 Å². The van der Waals surface area contributed by atoms with Crippen LogP contribution in [0.4, 0.5) is 16.9 Å². The molecule has 0 heterocycles. The van der Waals surface area contributed by atoms with E-state index in [9.17, 15) is 16.9 Å². The van der Waals surface area contributed by atoms with E-state index in [0.29, 0.717) is 0 Å². The Balaban J connectivity index is 0. The van der Waals surface area contributed by atoms with E-state index in [1.165, 1.54) is 0 Å². The molecule has 1 aromatic carbocycles. The maximum atomic E-state index is 9.93. The minimum atomic E-state index is -11.2. The Morgan fingerprint density at radius 2 is 0.794 bits per heavy atom. The predicted molar refractivity (Wildman–Crippen MR) is 132 cm³/mol. The minimum Gasteiger partial charge on any atom is 0 e. The number of hydrogen-bond acceptors (Lipinski definition) is 2. The van der Waals surface area contributed by atoms with Gasteiger partial charge in [-0.05, 0) is 0 Å².